The van der Waals surface area contributed by atoms with E-state index in [4.69, 9.17) is 0 Å². The summed E-state index contributed by atoms with van der Waals surface area (Å²) in [5.74, 6) is 0. The molecule has 2 nitrogen and oxygen atoms in total. The molecular weight excluding hydrogens is 300 g/mol. The van der Waals surface area contributed by atoms with E-state index in [1.165, 1.54) is 22.5 Å². The van der Waals surface area contributed by atoms with Gasteiger partial charge in [0.25, 0.3) is 0 Å². The average molecular weight is 317 g/mol. The average Bonchev–Trinajstić information content (AvgIpc) is 2.83. The van der Waals surface area contributed by atoms with Gasteiger partial charge < -0.3 is 10.2 Å². The van der Waals surface area contributed by atoms with Crippen LogP contribution < -0.4 is 10.2 Å². The summed E-state index contributed by atoms with van der Waals surface area (Å²) in [7, 11) is 1.99. The Morgan fingerprint density at radius 3 is 2.84 bits per heavy atom. The Morgan fingerprint density at radius 2 is 2.00 bits per heavy atom. The second kappa shape index (κ2) is 5.35. The Morgan fingerprint density at radius 1 is 1.16 bits per heavy atom. The van der Waals surface area contributed by atoms with Gasteiger partial charge in [0.15, 0.2) is 0 Å². The van der Waals surface area contributed by atoms with E-state index >= 15 is 0 Å². The fraction of sp³-hybridized carbons (Fsp3) is 0.250. The molecule has 0 saturated carbocycles. The molecule has 19 heavy (non-hydrogen) atoms. The van der Waals surface area contributed by atoms with Gasteiger partial charge >= 0.3 is 0 Å². The van der Waals surface area contributed by atoms with Crippen molar-refractivity contribution in [1.82, 2.24) is 5.32 Å². The van der Waals surface area contributed by atoms with Crippen molar-refractivity contribution in [2.45, 2.75) is 13.0 Å². The van der Waals surface area contributed by atoms with Crippen LogP contribution in [0.3, 0.4) is 0 Å². The van der Waals surface area contributed by atoms with Gasteiger partial charge in [0.05, 0.1) is 0 Å². The molecule has 1 heterocycles. The third-order valence-corrected chi connectivity index (χ3v) is 4.08. The summed E-state index contributed by atoms with van der Waals surface area (Å²) in [6.45, 7) is 1.95. The second-order valence-corrected chi connectivity index (χ2v) is 5.75. The number of rotatable bonds is 3. The molecule has 2 aromatic rings. The van der Waals surface area contributed by atoms with Crippen molar-refractivity contribution in [3.63, 3.8) is 0 Å². The lowest BCUT2D eigenvalue weighted by Gasteiger charge is -2.23. The van der Waals surface area contributed by atoms with Crippen molar-refractivity contribution < 1.29 is 0 Å². The SMILES string of the molecule is CNCc1cc(Br)ccc1N1CCc2ccccc21. The maximum absolute atomic E-state index is 3.56. The third kappa shape index (κ3) is 2.40. The number of para-hydroxylation sites is 1. The van der Waals surface area contributed by atoms with Crippen LogP contribution in [-0.2, 0) is 13.0 Å². The molecule has 0 saturated heterocycles. The fourth-order valence-corrected chi connectivity index (χ4v) is 3.15. The number of halogens is 1. The van der Waals surface area contributed by atoms with E-state index in [1.54, 1.807) is 0 Å². The lowest BCUT2D eigenvalue weighted by molar-refractivity contribution is 0.812. The lowest BCUT2D eigenvalue weighted by atomic mass is 10.1. The first-order valence-corrected chi connectivity index (χ1v) is 7.37. The van der Waals surface area contributed by atoms with E-state index in [0.29, 0.717) is 0 Å². The Hall–Kier alpha value is -1.32. The predicted octanol–water partition coefficient (Wildman–Crippen LogP) is 3.86. The summed E-state index contributed by atoms with van der Waals surface area (Å²) in [5, 5.41) is 3.25. The van der Waals surface area contributed by atoms with Crippen molar-refractivity contribution >= 4 is 27.3 Å². The largest absolute Gasteiger partial charge is 0.341 e. The number of hydrogen-bond acceptors (Lipinski definition) is 2. The summed E-state index contributed by atoms with van der Waals surface area (Å²) in [6, 6.07) is 15.2. The summed E-state index contributed by atoms with van der Waals surface area (Å²) in [5.41, 5.74) is 5.43. The highest BCUT2D eigenvalue weighted by molar-refractivity contribution is 9.10. The molecule has 0 atom stereocenters. The molecule has 0 unspecified atom stereocenters. The maximum atomic E-state index is 3.56. The molecule has 0 aromatic heterocycles. The van der Waals surface area contributed by atoms with Gasteiger partial charge in [0.2, 0.25) is 0 Å². The molecule has 0 fully saturated rings. The molecule has 0 spiro atoms. The van der Waals surface area contributed by atoms with Gasteiger partial charge in [-0.05, 0) is 48.9 Å². The Kier molecular flexibility index (Phi) is 3.58. The van der Waals surface area contributed by atoms with Crippen LogP contribution in [0.4, 0.5) is 11.4 Å². The zero-order valence-corrected chi connectivity index (χ0v) is 12.6. The number of nitrogens with zero attached hydrogens (tertiary/aromatic N) is 1. The van der Waals surface area contributed by atoms with Gasteiger partial charge in [-0.2, -0.15) is 0 Å². The molecule has 1 N–H and O–H groups in total. The van der Waals surface area contributed by atoms with Gasteiger partial charge in [-0.3, -0.25) is 0 Å². The number of fused-ring (bicyclic) bond motifs is 1. The van der Waals surface area contributed by atoms with Crippen LogP contribution in [0.2, 0.25) is 0 Å². The fourth-order valence-electron chi connectivity index (χ4n) is 2.74. The first-order chi connectivity index (χ1) is 9.29. The van der Waals surface area contributed by atoms with Gasteiger partial charge in [-0.15, -0.1) is 0 Å². The second-order valence-electron chi connectivity index (χ2n) is 4.83. The molecule has 1 aliphatic rings. The molecule has 3 rings (SSSR count). The van der Waals surface area contributed by atoms with Gasteiger partial charge in [0.1, 0.15) is 0 Å². The maximum Gasteiger partial charge on any atom is 0.0457 e. The normalized spacial score (nSPS) is 13.7. The molecule has 98 valence electrons. The zero-order valence-electron chi connectivity index (χ0n) is 11.0. The van der Waals surface area contributed by atoms with Crippen LogP contribution in [0.25, 0.3) is 0 Å². The Bertz CT molecular complexity index is 595. The molecule has 1 aliphatic heterocycles. The first-order valence-electron chi connectivity index (χ1n) is 6.58. The van der Waals surface area contributed by atoms with Crippen molar-refractivity contribution in [3.8, 4) is 0 Å². The molecule has 0 amide bonds. The van der Waals surface area contributed by atoms with Crippen LogP contribution in [0.5, 0.6) is 0 Å². The van der Waals surface area contributed by atoms with Crippen LogP contribution in [0.15, 0.2) is 46.9 Å². The number of nitrogens with one attached hydrogen (secondary N) is 1. The van der Waals surface area contributed by atoms with Crippen LogP contribution >= 0.6 is 15.9 Å². The van der Waals surface area contributed by atoms with Gasteiger partial charge in [-0.25, -0.2) is 0 Å². The van der Waals surface area contributed by atoms with E-state index in [9.17, 15) is 0 Å². The molecule has 0 aliphatic carbocycles. The highest BCUT2D eigenvalue weighted by atomic mass is 79.9. The van der Waals surface area contributed by atoms with Crippen LogP contribution in [0.1, 0.15) is 11.1 Å². The van der Waals surface area contributed by atoms with E-state index in [-0.39, 0.29) is 0 Å². The van der Waals surface area contributed by atoms with Crippen LogP contribution in [0, 0.1) is 0 Å². The number of anilines is 2. The van der Waals surface area contributed by atoms with Gasteiger partial charge in [-0.1, -0.05) is 34.1 Å². The van der Waals surface area contributed by atoms with Crippen molar-refractivity contribution in [2.75, 3.05) is 18.5 Å². The third-order valence-electron chi connectivity index (χ3n) is 3.59. The summed E-state index contributed by atoms with van der Waals surface area (Å²) in [4.78, 5) is 2.43. The van der Waals surface area contributed by atoms with E-state index in [2.05, 4.69) is 68.6 Å². The standard InChI is InChI=1S/C16H17BrN2/c1-18-11-13-10-14(17)6-7-16(13)19-9-8-12-4-2-3-5-15(12)19/h2-7,10,18H,8-9,11H2,1H3. The van der Waals surface area contributed by atoms with Crippen molar-refractivity contribution in [1.29, 1.82) is 0 Å². The highest BCUT2D eigenvalue weighted by Crippen LogP contribution is 2.36. The zero-order chi connectivity index (χ0) is 13.2. The molecule has 0 radical (unpaired) electrons. The van der Waals surface area contributed by atoms with Crippen molar-refractivity contribution in [3.05, 3.63) is 58.1 Å². The Balaban J connectivity index is 2.04. The molecular formula is C16H17BrN2. The number of hydrogen-bond donors (Lipinski definition) is 1. The molecule has 3 heteroatoms. The smallest absolute Gasteiger partial charge is 0.0457 e. The van der Waals surface area contributed by atoms with Gasteiger partial charge in [0, 0.05) is 28.9 Å². The summed E-state index contributed by atoms with van der Waals surface area (Å²) >= 11 is 3.56. The molecule has 0 bridgehead atoms. The predicted molar refractivity (Wildman–Crippen MR) is 84.1 cm³/mol. The summed E-state index contributed by atoms with van der Waals surface area (Å²) < 4.78 is 1.13. The van der Waals surface area contributed by atoms with E-state index < -0.39 is 0 Å². The Labute approximate surface area is 122 Å². The summed E-state index contributed by atoms with van der Waals surface area (Å²) in [6.07, 6.45) is 1.13. The minimum absolute atomic E-state index is 0.882. The first kappa shape index (κ1) is 12.7. The topological polar surface area (TPSA) is 15.3 Å². The quantitative estimate of drug-likeness (QED) is 0.925. The van der Waals surface area contributed by atoms with Crippen LogP contribution in [-0.4, -0.2) is 13.6 Å². The minimum Gasteiger partial charge on any atom is -0.341 e. The lowest BCUT2D eigenvalue weighted by Crippen LogP contribution is -2.17. The molecule has 2 aromatic carbocycles. The number of benzene rings is 2. The monoisotopic (exact) mass is 316 g/mol. The minimum atomic E-state index is 0.882. The highest BCUT2D eigenvalue weighted by Gasteiger charge is 2.21. The van der Waals surface area contributed by atoms with Crippen molar-refractivity contribution in [2.24, 2.45) is 0 Å². The van der Waals surface area contributed by atoms with E-state index in [0.717, 1.165) is 24.0 Å². The van der Waals surface area contributed by atoms with E-state index in [1.807, 2.05) is 7.05 Å².